The van der Waals surface area contributed by atoms with E-state index in [2.05, 4.69) is 50.4 Å². The number of piperidine rings is 3. The van der Waals surface area contributed by atoms with E-state index in [0.717, 1.165) is 50.7 Å². The van der Waals surface area contributed by atoms with Crippen LogP contribution in [0, 0.1) is 18.3 Å². The standard InChI is InChI=1S/C21H29N5OS/c1-4-17-19(13-15(2)26-11-9-24(3)10-12-26)28-23-20(17)21(27)22-18-14-25-7-5-16(18)6-8-25/h1,13,16,18H,5-12,14H2,2-3H3,(H,22,27)/b15-13+/t18-/m1/s1. The lowest BCUT2D eigenvalue weighted by Gasteiger charge is -2.44. The lowest BCUT2D eigenvalue weighted by Crippen LogP contribution is -2.57. The summed E-state index contributed by atoms with van der Waals surface area (Å²) in [6, 6.07) is 0.216. The summed E-state index contributed by atoms with van der Waals surface area (Å²) < 4.78 is 4.43. The Balaban J connectivity index is 1.47. The van der Waals surface area contributed by atoms with Crippen molar-refractivity contribution in [2.75, 3.05) is 52.9 Å². The van der Waals surface area contributed by atoms with Crippen LogP contribution in [0.2, 0.25) is 0 Å². The third kappa shape index (κ3) is 3.95. The summed E-state index contributed by atoms with van der Waals surface area (Å²) in [7, 11) is 2.15. The summed E-state index contributed by atoms with van der Waals surface area (Å²) in [5.74, 6) is 3.18. The molecule has 0 radical (unpaired) electrons. The molecule has 6 nitrogen and oxygen atoms in total. The van der Waals surface area contributed by atoms with Gasteiger partial charge >= 0.3 is 0 Å². The minimum absolute atomic E-state index is 0.125. The highest BCUT2D eigenvalue weighted by Gasteiger charge is 2.35. The molecule has 1 N–H and O–H groups in total. The number of nitrogens with zero attached hydrogens (tertiary/aromatic N) is 4. The number of rotatable bonds is 4. The third-order valence-corrected chi connectivity index (χ3v) is 7.19. The molecular formula is C21H29N5OS. The first-order chi connectivity index (χ1) is 13.5. The Hall–Kier alpha value is -1.88. The maximum atomic E-state index is 12.9. The van der Waals surface area contributed by atoms with E-state index in [0.29, 0.717) is 17.2 Å². The Kier molecular flexibility index (Phi) is 5.72. The molecule has 1 aromatic rings. The molecule has 28 heavy (non-hydrogen) atoms. The van der Waals surface area contributed by atoms with Crippen molar-refractivity contribution in [3.63, 3.8) is 0 Å². The van der Waals surface area contributed by atoms with Crippen molar-refractivity contribution in [2.24, 2.45) is 5.92 Å². The minimum atomic E-state index is -0.125. The average molecular weight is 400 g/mol. The molecule has 0 aromatic carbocycles. The zero-order valence-corrected chi connectivity index (χ0v) is 17.6. The second kappa shape index (κ2) is 8.24. The summed E-state index contributed by atoms with van der Waals surface area (Å²) in [5.41, 5.74) is 2.20. The van der Waals surface area contributed by atoms with Crippen molar-refractivity contribution in [3.05, 3.63) is 21.8 Å². The molecule has 0 spiro atoms. The van der Waals surface area contributed by atoms with Crippen molar-refractivity contribution in [1.82, 2.24) is 24.4 Å². The van der Waals surface area contributed by atoms with Gasteiger partial charge < -0.3 is 20.0 Å². The van der Waals surface area contributed by atoms with Crippen LogP contribution < -0.4 is 5.32 Å². The number of hydrogen-bond acceptors (Lipinski definition) is 6. The molecule has 0 aliphatic carbocycles. The van der Waals surface area contributed by atoms with E-state index >= 15 is 0 Å². The van der Waals surface area contributed by atoms with Gasteiger partial charge in [0.1, 0.15) is 0 Å². The van der Waals surface area contributed by atoms with E-state index in [1.54, 1.807) is 0 Å². The lowest BCUT2D eigenvalue weighted by atomic mass is 9.84. The van der Waals surface area contributed by atoms with Crippen LogP contribution in [0.25, 0.3) is 6.08 Å². The number of allylic oxidation sites excluding steroid dienone is 1. The molecule has 7 heteroatoms. The van der Waals surface area contributed by atoms with Crippen molar-refractivity contribution < 1.29 is 4.79 Å². The van der Waals surface area contributed by atoms with Gasteiger partial charge in [-0.2, -0.15) is 4.37 Å². The lowest BCUT2D eigenvalue weighted by molar-refractivity contribution is 0.0618. The average Bonchev–Trinajstić information content (AvgIpc) is 3.12. The molecule has 1 atom stereocenters. The van der Waals surface area contributed by atoms with Gasteiger partial charge in [-0.3, -0.25) is 4.79 Å². The van der Waals surface area contributed by atoms with E-state index < -0.39 is 0 Å². The molecular weight excluding hydrogens is 370 g/mol. The fraction of sp³-hybridized carbons (Fsp3) is 0.619. The monoisotopic (exact) mass is 399 g/mol. The zero-order chi connectivity index (χ0) is 19.7. The Labute approximate surface area is 171 Å². The molecule has 5 heterocycles. The first-order valence-electron chi connectivity index (χ1n) is 10.2. The van der Waals surface area contributed by atoms with Crippen LogP contribution in [0.1, 0.15) is 40.7 Å². The quantitative estimate of drug-likeness (QED) is 0.779. The highest BCUT2D eigenvalue weighted by Crippen LogP contribution is 2.28. The van der Waals surface area contributed by atoms with E-state index in [1.165, 1.54) is 30.1 Å². The van der Waals surface area contributed by atoms with E-state index in [-0.39, 0.29) is 11.9 Å². The molecule has 2 bridgehead atoms. The zero-order valence-electron chi connectivity index (χ0n) is 16.8. The third-order valence-electron chi connectivity index (χ3n) is 6.39. The van der Waals surface area contributed by atoms with Crippen LogP contribution in [-0.4, -0.2) is 83.9 Å². The van der Waals surface area contributed by atoms with Gasteiger partial charge in [-0.15, -0.1) is 6.42 Å². The SMILES string of the molecule is C#Cc1c(C(=O)N[C@@H]2CN3CCC2CC3)nsc1/C=C(\C)N1CCN(C)CC1. The second-order valence-corrected chi connectivity index (χ2v) is 9.01. The fourth-order valence-corrected chi connectivity index (χ4v) is 5.34. The molecule has 0 unspecified atom stereocenters. The van der Waals surface area contributed by atoms with Crippen LogP contribution in [0.5, 0.6) is 0 Å². The minimum Gasteiger partial charge on any atom is -0.372 e. The molecule has 1 aromatic heterocycles. The number of hydrogen-bond donors (Lipinski definition) is 1. The largest absolute Gasteiger partial charge is 0.372 e. The number of nitrogens with one attached hydrogen (secondary N) is 1. The van der Waals surface area contributed by atoms with Crippen molar-refractivity contribution in [1.29, 1.82) is 0 Å². The number of amides is 1. The normalized spacial score (nSPS) is 28.2. The van der Waals surface area contributed by atoms with Gasteiger partial charge in [0, 0.05) is 44.5 Å². The van der Waals surface area contributed by atoms with E-state index in [9.17, 15) is 4.79 Å². The van der Waals surface area contributed by atoms with Crippen LogP contribution >= 0.6 is 11.5 Å². The van der Waals surface area contributed by atoms with Crippen LogP contribution in [0.4, 0.5) is 0 Å². The summed E-state index contributed by atoms with van der Waals surface area (Å²) in [4.78, 5) is 20.9. The van der Waals surface area contributed by atoms with E-state index in [4.69, 9.17) is 6.42 Å². The number of likely N-dealkylation sites (N-methyl/N-ethyl adjacent to an activating group) is 1. The predicted molar refractivity (Wildman–Crippen MR) is 113 cm³/mol. The summed E-state index contributed by atoms with van der Waals surface area (Å²) in [6.45, 7) is 9.51. The van der Waals surface area contributed by atoms with Crippen LogP contribution in [0.15, 0.2) is 5.70 Å². The maximum absolute atomic E-state index is 12.9. The van der Waals surface area contributed by atoms with Gasteiger partial charge in [-0.1, -0.05) is 5.92 Å². The Morgan fingerprint density at radius 2 is 1.96 bits per heavy atom. The first-order valence-corrected chi connectivity index (χ1v) is 10.9. The molecule has 0 saturated carbocycles. The number of carbonyl (C=O) groups is 1. The van der Waals surface area contributed by atoms with Gasteiger partial charge in [-0.25, -0.2) is 0 Å². The summed E-state index contributed by atoms with van der Waals surface area (Å²) in [6.07, 6.45) is 10.2. The Bertz CT molecular complexity index is 794. The predicted octanol–water partition coefficient (Wildman–Crippen LogP) is 1.56. The topological polar surface area (TPSA) is 51.7 Å². The van der Waals surface area contributed by atoms with Crippen molar-refractivity contribution >= 4 is 23.5 Å². The first kappa shape index (κ1) is 19.4. The number of aromatic nitrogens is 1. The summed E-state index contributed by atoms with van der Waals surface area (Å²) >= 11 is 1.32. The highest BCUT2D eigenvalue weighted by atomic mass is 32.1. The Morgan fingerprint density at radius 1 is 1.25 bits per heavy atom. The Morgan fingerprint density at radius 3 is 2.57 bits per heavy atom. The van der Waals surface area contributed by atoms with Crippen molar-refractivity contribution in [3.8, 4) is 12.3 Å². The van der Waals surface area contributed by atoms with Gasteiger partial charge in [0.2, 0.25) is 0 Å². The summed E-state index contributed by atoms with van der Waals surface area (Å²) in [5, 5.41) is 3.21. The van der Waals surface area contributed by atoms with Gasteiger partial charge in [0.15, 0.2) is 5.69 Å². The van der Waals surface area contributed by atoms with Crippen LogP contribution in [-0.2, 0) is 0 Å². The number of fused-ring (bicyclic) bond motifs is 3. The maximum Gasteiger partial charge on any atom is 0.272 e. The fourth-order valence-electron chi connectivity index (χ4n) is 4.50. The number of piperazine rings is 1. The molecule has 4 fully saturated rings. The van der Waals surface area contributed by atoms with E-state index in [1.807, 2.05) is 0 Å². The molecule has 5 rings (SSSR count). The molecule has 4 saturated heterocycles. The van der Waals surface area contributed by atoms with Gasteiger partial charge in [0.25, 0.3) is 5.91 Å². The molecule has 4 aliphatic rings. The smallest absolute Gasteiger partial charge is 0.272 e. The second-order valence-electron chi connectivity index (χ2n) is 8.21. The molecule has 4 aliphatic heterocycles. The van der Waals surface area contributed by atoms with Gasteiger partial charge in [-0.05, 0) is 63.4 Å². The number of terminal acetylenes is 1. The number of carbonyl (C=O) groups excluding carboxylic acids is 1. The van der Waals surface area contributed by atoms with Gasteiger partial charge in [0.05, 0.1) is 10.4 Å². The molecule has 1 amide bonds. The van der Waals surface area contributed by atoms with Crippen LogP contribution in [0.3, 0.4) is 0 Å². The van der Waals surface area contributed by atoms with Crippen molar-refractivity contribution in [2.45, 2.75) is 25.8 Å². The highest BCUT2D eigenvalue weighted by molar-refractivity contribution is 7.07. The molecule has 150 valence electrons.